The van der Waals surface area contributed by atoms with Gasteiger partial charge in [0.1, 0.15) is 11.5 Å². The minimum Gasteiger partial charge on any atom is -0.493 e. The first-order chi connectivity index (χ1) is 12.7. The SMILES string of the molecule is CCOc1ccccc1C(=O)NCC(=O)NC1CCOc2ccccc21. The van der Waals surface area contributed by atoms with Gasteiger partial charge in [-0.15, -0.1) is 0 Å². The van der Waals surface area contributed by atoms with Crippen LogP contribution in [0.25, 0.3) is 0 Å². The van der Waals surface area contributed by atoms with Crippen molar-refractivity contribution in [3.8, 4) is 11.5 Å². The van der Waals surface area contributed by atoms with Gasteiger partial charge in [-0.25, -0.2) is 0 Å². The van der Waals surface area contributed by atoms with Gasteiger partial charge in [-0.3, -0.25) is 9.59 Å². The van der Waals surface area contributed by atoms with Gasteiger partial charge < -0.3 is 20.1 Å². The van der Waals surface area contributed by atoms with E-state index in [1.807, 2.05) is 31.2 Å². The number of carbonyl (C=O) groups excluding carboxylic acids is 2. The fraction of sp³-hybridized carbons (Fsp3) is 0.300. The molecule has 136 valence electrons. The van der Waals surface area contributed by atoms with Crippen molar-refractivity contribution < 1.29 is 19.1 Å². The van der Waals surface area contributed by atoms with E-state index in [4.69, 9.17) is 9.47 Å². The van der Waals surface area contributed by atoms with E-state index in [0.717, 1.165) is 11.3 Å². The van der Waals surface area contributed by atoms with Crippen LogP contribution in [0.4, 0.5) is 0 Å². The first-order valence-corrected chi connectivity index (χ1v) is 8.70. The summed E-state index contributed by atoms with van der Waals surface area (Å²) >= 11 is 0. The predicted octanol–water partition coefficient (Wildman–Crippen LogP) is 2.46. The molecule has 2 N–H and O–H groups in total. The van der Waals surface area contributed by atoms with Gasteiger partial charge >= 0.3 is 0 Å². The van der Waals surface area contributed by atoms with Gasteiger partial charge in [0.2, 0.25) is 5.91 Å². The lowest BCUT2D eigenvalue weighted by Gasteiger charge is -2.26. The van der Waals surface area contributed by atoms with E-state index in [2.05, 4.69) is 10.6 Å². The van der Waals surface area contributed by atoms with Crippen LogP contribution in [-0.4, -0.2) is 31.6 Å². The monoisotopic (exact) mass is 354 g/mol. The van der Waals surface area contributed by atoms with Crippen LogP contribution in [0.5, 0.6) is 11.5 Å². The third-order valence-corrected chi connectivity index (χ3v) is 4.13. The van der Waals surface area contributed by atoms with E-state index in [1.54, 1.807) is 24.3 Å². The topological polar surface area (TPSA) is 76.7 Å². The van der Waals surface area contributed by atoms with Crippen molar-refractivity contribution in [2.45, 2.75) is 19.4 Å². The summed E-state index contributed by atoms with van der Waals surface area (Å²) in [6.07, 6.45) is 0.698. The number of hydrogen-bond acceptors (Lipinski definition) is 4. The highest BCUT2D eigenvalue weighted by atomic mass is 16.5. The van der Waals surface area contributed by atoms with E-state index in [9.17, 15) is 9.59 Å². The molecule has 0 saturated carbocycles. The number of nitrogens with one attached hydrogen (secondary N) is 2. The second-order valence-electron chi connectivity index (χ2n) is 5.91. The Labute approximate surface area is 152 Å². The largest absolute Gasteiger partial charge is 0.493 e. The Hall–Kier alpha value is -3.02. The summed E-state index contributed by atoms with van der Waals surface area (Å²) in [5.74, 6) is 0.718. The highest BCUT2D eigenvalue weighted by Gasteiger charge is 2.22. The highest BCUT2D eigenvalue weighted by molar-refractivity contribution is 5.98. The fourth-order valence-electron chi connectivity index (χ4n) is 2.93. The normalized spacial score (nSPS) is 15.3. The zero-order valence-corrected chi connectivity index (χ0v) is 14.7. The molecule has 0 saturated heterocycles. The second-order valence-corrected chi connectivity index (χ2v) is 5.91. The summed E-state index contributed by atoms with van der Waals surface area (Å²) in [4.78, 5) is 24.6. The van der Waals surface area contributed by atoms with Gasteiger partial charge in [0.05, 0.1) is 31.4 Å². The first-order valence-electron chi connectivity index (χ1n) is 8.70. The number of hydrogen-bond donors (Lipinski definition) is 2. The Bertz CT molecular complexity index is 791. The Morgan fingerprint density at radius 1 is 1.15 bits per heavy atom. The second kappa shape index (κ2) is 8.38. The molecular formula is C20H22N2O4. The molecule has 1 aliphatic rings. The van der Waals surface area contributed by atoms with Crippen molar-refractivity contribution in [2.75, 3.05) is 19.8 Å². The standard InChI is InChI=1S/C20H22N2O4/c1-2-25-18-10-6-4-8-15(18)20(24)21-13-19(23)22-16-11-12-26-17-9-5-3-7-14(16)17/h3-10,16H,2,11-13H2,1H3,(H,21,24)(H,22,23). The van der Waals surface area contributed by atoms with Crippen molar-refractivity contribution in [3.05, 3.63) is 59.7 Å². The van der Waals surface area contributed by atoms with Crippen molar-refractivity contribution in [2.24, 2.45) is 0 Å². The highest BCUT2D eigenvalue weighted by Crippen LogP contribution is 2.31. The summed E-state index contributed by atoms with van der Waals surface area (Å²) in [5.41, 5.74) is 1.37. The third-order valence-electron chi connectivity index (χ3n) is 4.13. The van der Waals surface area contributed by atoms with Crippen molar-refractivity contribution in [1.29, 1.82) is 0 Å². The summed E-state index contributed by atoms with van der Waals surface area (Å²) < 4.78 is 11.0. The zero-order chi connectivity index (χ0) is 18.4. The van der Waals surface area contributed by atoms with E-state index in [0.29, 0.717) is 30.9 Å². The zero-order valence-electron chi connectivity index (χ0n) is 14.7. The lowest BCUT2D eigenvalue weighted by Crippen LogP contribution is -2.40. The van der Waals surface area contributed by atoms with Crippen LogP contribution >= 0.6 is 0 Å². The van der Waals surface area contributed by atoms with Gasteiger partial charge in [0.15, 0.2) is 0 Å². The van der Waals surface area contributed by atoms with Gasteiger partial charge in [-0.05, 0) is 25.1 Å². The molecule has 26 heavy (non-hydrogen) atoms. The van der Waals surface area contributed by atoms with Crippen LogP contribution in [0.15, 0.2) is 48.5 Å². The molecule has 1 heterocycles. The number of para-hydroxylation sites is 2. The van der Waals surface area contributed by atoms with E-state index >= 15 is 0 Å². The Morgan fingerprint density at radius 3 is 2.77 bits per heavy atom. The van der Waals surface area contributed by atoms with Crippen LogP contribution in [0.1, 0.15) is 35.3 Å². The van der Waals surface area contributed by atoms with Crippen LogP contribution in [0.3, 0.4) is 0 Å². The number of fused-ring (bicyclic) bond motifs is 1. The summed E-state index contributed by atoms with van der Waals surface area (Å²) in [6, 6.07) is 14.5. The fourth-order valence-corrected chi connectivity index (χ4v) is 2.93. The number of ether oxygens (including phenoxy) is 2. The average molecular weight is 354 g/mol. The van der Waals surface area contributed by atoms with E-state index in [-0.39, 0.29) is 24.4 Å². The lowest BCUT2D eigenvalue weighted by molar-refractivity contribution is -0.121. The van der Waals surface area contributed by atoms with Crippen molar-refractivity contribution >= 4 is 11.8 Å². The minimum atomic E-state index is -0.337. The Kier molecular flexibility index (Phi) is 5.73. The molecule has 2 aromatic rings. The average Bonchev–Trinajstić information content (AvgIpc) is 2.67. The van der Waals surface area contributed by atoms with Gasteiger partial charge in [0, 0.05) is 12.0 Å². The molecule has 0 radical (unpaired) electrons. The summed E-state index contributed by atoms with van der Waals surface area (Å²) in [7, 11) is 0. The minimum absolute atomic E-state index is 0.0984. The molecule has 6 heteroatoms. The van der Waals surface area contributed by atoms with Gasteiger partial charge in [-0.2, -0.15) is 0 Å². The number of rotatable bonds is 6. The molecule has 0 aliphatic carbocycles. The van der Waals surface area contributed by atoms with Gasteiger partial charge in [-0.1, -0.05) is 30.3 Å². The Balaban J connectivity index is 1.58. The maximum Gasteiger partial charge on any atom is 0.255 e. The predicted molar refractivity (Wildman–Crippen MR) is 97.4 cm³/mol. The molecular weight excluding hydrogens is 332 g/mol. The molecule has 6 nitrogen and oxygen atoms in total. The molecule has 0 fully saturated rings. The summed E-state index contributed by atoms with van der Waals surface area (Å²) in [6.45, 7) is 2.77. The molecule has 1 atom stereocenters. The van der Waals surface area contributed by atoms with Crippen LogP contribution < -0.4 is 20.1 Å². The molecule has 1 aliphatic heterocycles. The maximum atomic E-state index is 12.3. The molecule has 0 spiro atoms. The van der Waals surface area contributed by atoms with Crippen LogP contribution in [0.2, 0.25) is 0 Å². The quantitative estimate of drug-likeness (QED) is 0.835. The summed E-state index contributed by atoms with van der Waals surface area (Å²) in [5, 5.41) is 5.61. The van der Waals surface area contributed by atoms with E-state index in [1.165, 1.54) is 0 Å². The lowest BCUT2D eigenvalue weighted by atomic mass is 10.0. The number of carbonyl (C=O) groups is 2. The van der Waals surface area contributed by atoms with Crippen molar-refractivity contribution in [1.82, 2.24) is 10.6 Å². The Morgan fingerprint density at radius 2 is 1.92 bits per heavy atom. The number of amides is 2. The molecule has 1 unspecified atom stereocenters. The number of benzene rings is 2. The molecule has 2 amide bonds. The first kappa shape index (κ1) is 17.8. The molecule has 3 rings (SSSR count). The third kappa shape index (κ3) is 4.14. The van der Waals surface area contributed by atoms with E-state index < -0.39 is 0 Å². The van der Waals surface area contributed by atoms with Crippen molar-refractivity contribution in [3.63, 3.8) is 0 Å². The molecule has 0 bridgehead atoms. The van der Waals surface area contributed by atoms with Crippen LogP contribution in [-0.2, 0) is 4.79 Å². The maximum absolute atomic E-state index is 12.3. The molecule has 0 aromatic heterocycles. The smallest absolute Gasteiger partial charge is 0.255 e. The van der Waals surface area contributed by atoms with Crippen LogP contribution in [0, 0.1) is 0 Å². The van der Waals surface area contributed by atoms with Gasteiger partial charge in [0.25, 0.3) is 5.91 Å². The molecule has 2 aromatic carbocycles.